The van der Waals surface area contributed by atoms with Crippen molar-refractivity contribution in [3.05, 3.63) is 35.1 Å². The van der Waals surface area contributed by atoms with Crippen LogP contribution in [0.5, 0.6) is 0 Å². The van der Waals surface area contributed by atoms with Gasteiger partial charge >= 0.3 is 0 Å². The molecule has 0 heterocycles. The largest absolute Gasteiger partial charge is 0.313 e. The zero-order valence-corrected chi connectivity index (χ0v) is 9.49. The van der Waals surface area contributed by atoms with E-state index in [1.54, 1.807) is 0 Å². The SMILES string of the molecule is CC(C)CCNCc1cc(F)c(F)c(F)c1. The van der Waals surface area contributed by atoms with E-state index in [0.29, 0.717) is 18.0 Å². The number of hydrogen-bond donors (Lipinski definition) is 1. The van der Waals surface area contributed by atoms with Crippen molar-refractivity contribution in [2.45, 2.75) is 26.8 Å². The Kier molecular flexibility index (Phi) is 4.80. The molecule has 0 fully saturated rings. The molecule has 0 saturated carbocycles. The summed E-state index contributed by atoms with van der Waals surface area (Å²) in [5.41, 5.74) is 0.417. The third-order valence-electron chi connectivity index (χ3n) is 2.27. The fourth-order valence-corrected chi connectivity index (χ4v) is 1.33. The molecule has 0 aliphatic rings. The van der Waals surface area contributed by atoms with Crippen molar-refractivity contribution in [3.8, 4) is 0 Å². The molecule has 0 bridgehead atoms. The van der Waals surface area contributed by atoms with Crippen LogP contribution in [0.1, 0.15) is 25.8 Å². The normalized spacial score (nSPS) is 11.1. The van der Waals surface area contributed by atoms with Gasteiger partial charge in [-0.2, -0.15) is 0 Å². The van der Waals surface area contributed by atoms with Crippen LogP contribution in [0.15, 0.2) is 12.1 Å². The van der Waals surface area contributed by atoms with E-state index in [2.05, 4.69) is 19.2 Å². The second-order valence-corrected chi connectivity index (χ2v) is 4.23. The van der Waals surface area contributed by atoms with E-state index in [1.807, 2.05) is 0 Å². The monoisotopic (exact) mass is 231 g/mol. The lowest BCUT2D eigenvalue weighted by Gasteiger charge is -2.07. The van der Waals surface area contributed by atoms with E-state index < -0.39 is 17.5 Å². The van der Waals surface area contributed by atoms with Crippen molar-refractivity contribution in [1.29, 1.82) is 0 Å². The first-order valence-corrected chi connectivity index (χ1v) is 5.35. The van der Waals surface area contributed by atoms with Gasteiger partial charge in [0.2, 0.25) is 0 Å². The average molecular weight is 231 g/mol. The standard InChI is InChI=1S/C12H16F3N/c1-8(2)3-4-16-7-9-5-10(13)12(15)11(14)6-9/h5-6,8,16H,3-4,7H2,1-2H3. The first-order valence-electron chi connectivity index (χ1n) is 5.35. The van der Waals surface area contributed by atoms with Crippen molar-refractivity contribution in [3.63, 3.8) is 0 Å². The van der Waals surface area contributed by atoms with Crippen LogP contribution in [0.25, 0.3) is 0 Å². The van der Waals surface area contributed by atoms with Gasteiger partial charge in [-0.3, -0.25) is 0 Å². The van der Waals surface area contributed by atoms with Gasteiger partial charge in [0.25, 0.3) is 0 Å². The maximum absolute atomic E-state index is 12.8. The van der Waals surface area contributed by atoms with E-state index in [-0.39, 0.29) is 0 Å². The van der Waals surface area contributed by atoms with Crippen LogP contribution in [0.2, 0.25) is 0 Å². The molecular weight excluding hydrogens is 215 g/mol. The molecule has 0 saturated heterocycles. The van der Waals surface area contributed by atoms with Crippen LogP contribution >= 0.6 is 0 Å². The van der Waals surface area contributed by atoms with Crippen LogP contribution in [-0.2, 0) is 6.54 Å². The van der Waals surface area contributed by atoms with Crippen LogP contribution in [0.3, 0.4) is 0 Å². The van der Waals surface area contributed by atoms with Crippen LogP contribution in [0.4, 0.5) is 13.2 Å². The highest BCUT2D eigenvalue weighted by molar-refractivity contribution is 5.19. The van der Waals surface area contributed by atoms with Gasteiger partial charge in [0.05, 0.1) is 0 Å². The van der Waals surface area contributed by atoms with Gasteiger partial charge < -0.3 is 5.32 Å². The van der Waals surface area contributed by atoms with Gasteiger partial charge in [-0.15, -0.1) is 0 Å². The summed E-state index contributed by atoms with van der Waals surface area (Å²) in [5.74, 6) is -3.11. The minimum absolute atomic E-state index is 0.348. The van der Waals surface area contributed by atoms with Gasteiger partial charge in [-0.25, -0.2) is 13.2 Å². The number of hydrogen-bond acceptors (Lipinski definition) is 1. The molecule has 0 aliphatic heterocycles. The Morgan fingerprint density at radius 2 is 1.69 bits per heavy atom. The van der Waals surface area contributed by atoms with E-state index in [0.717, 1.165) is 25.1 Å². The Morgan fingerprint density at radius 3 is 2.19 bits per heavy atom. The minimum atomic E-state index is -1.41. The van der Waals surface area contributed by atoms with E-state index in [9.17, 15) is 13.2 Å². The van der Waals surface area contributed by atoms with Gasteiger partial charge in [-0.1, -0.05) is 13.8 Å². The van der Waals surface area contributed by atoms with Crippen molar-refractivity contribution in [2.75, 3.05) is 6.54 Å². The second kappa shape index (κ2) is 5.89. The summed E-state index contributed by atoms with van der Waals surface area (Å²) in [7, 11) is 0. The number of halogens is 3. The summed E-state index contributed by atoms with van der Waals surface area (Å²) < 4.78 is 38.3. The molecule has 0 spiro atoms. The number of rotatable bonds is 5. The second-order valence-electron chi connectivity index (χ2n) is 4.23. The highest BCUT2D eigenvalue weighted by atomic mass is 19.2. The topological polar surface area (TPSA) is 12.0 Å². The Bertz CT molecular complexity index is 327. The maximum atomic E-state index is 12.8. The molecule has 0 aliphatic carbocycles. The van der Waals surface area contributed by atoms with Crippen molar-refractivity contribution < 1.29 is 13.2 Å². The van der Waals surface area contributed by atoms with Crippen molar-refractivity contribution >= 4 is 0 Å². The maximum Gasteiger partial charge on any atom is 0.194 e. The van der Waals surface area contributed by atoms with Crippen LogP contribution in [0, 0.1) is 23.4 Å². The van der Waals surface area contributed by atoms with Gasteiger partial charge in [0.1, 0.15) is 0 Å². The molecule has 16 heavy (non-hydrogen) atoms. The molecule has 0 aromatic heterocycles. The Morgan fingerprint density at radius 1 is 1.12 bits per heavy atom. The first-order chi connectivity index (χ1) is 7.50. The zero-order valence-electron chi connectivity index (χ0n) is 9.49. The molecule has 90 valence electrons. The summed E-state index contributed by atoms with van der Waals surface area (Å²) in [6.07, 6.45) is 0.992. The molecule has 0 radical (unpaired) electrons. The average Bonchev–Trinajstić information content (AvgIpc) is 2.20. The molecule has 1 rings (SSSR count). The molecule has 1 aromatic carbocycles. The molecular formula is C12H16F3N. The van der Waals surface area contributed by atoms with E-state index >= 15 is 0 Å². The minimum Gasteiger partial charge on any atom is -0.313 e. The highest BCUT2D eigenvalue weighted by Gasteiger charge is 2.09. The molecule has 0 atom stereocenters. The molecule has 0 amide bonds. The summed E-state index contributed by atoms with van der Waals surface area (Å²) in [5, 5.41) is 3.05. The highest BCUT2D eigenvalue weighted by Crippen LogP contribution is 2.13. The summed E-state index contributed by atoms with van der Waals surface area (Å²) >= 11 is 0. The molecule has 1 aromatic rings. The predicted molar refractivity (Wildman–Crippen MR) is 57.5 cm³/mol. The van der Waals surface area contributed by atoms with Crippen molar-refractivity contribution in [2.24, 2.45) is 5.92 Å². The van der Waals surface area contributed by atoms with Gasteiger partial charge in [0.15, 0.2) is 17.5 Å². The summed E-state index contributed by atoms with van der Waals surface area (Å²) in [6.45, 7) is 5.32. The van der Waals surface area contributed by atoms with E-state index in [1.165, 1.54) is 0 Å². The van der Waals surface area contributed by atoms with E-state index in [4.69, 9.17) is 0 Å². The lowest BCUT2D eigenvalue weighted by molar-refractivity contribution is 0.444. The van der Waals surface area contributed by atoms with Crippen LogP contribution in [-0.4, -0.2) is 6.54 Å². The zero-order chi connectivity index (χ0) is 12.1. The third kappa shape index (κ3) is 3.85. The molecule has 0 unspecified atom stereocenters. The quantitative estimate of drug-likeness (QED) is 0.606. The molecule has 4 heteroatoms. The van der Waals surface area contributed by atoms with Gasteiger partial charge in [-0.05, 0) is 36.6 Å². The Hall–Kier alpha value is -1.03. The molecule has 1 nitrogen and oxygen atoms in total. The Balaban J connectivity index is 2.49. The first kappa shape index (κ1) is 13.0. The third-order valence-corrected chi connectivity index (χ3v) is 2.27. The van der Waals surface area contributed by atoms with Gasteiger partial charge in [0, 0.05) is 6.54 Å². The van der Waals surface area contributed by atoms with Crippen molar-refractivity contribution in [1.82, 2.24) is 5.32 Å². The summed E-state index contributed by atoms with van der Waals surface area (Å²) in [6, 6.07) is 2.03. The molecule has 1 N–H and O–H groups in total. The Labute approximate surface area is 93.7 Å². The fourth-order valence-electron chi connectivity index (χ4n) is 1.33. The summed E-state index contributed by atoms with van der Waals surface area (Å²) in [4.78, 5) is 0. The lowest BCUT2D eigenvalue weighted by Crippen LogP contribution is -2.16. The number of nitrogens with one attached hydrogen (secondary N) is 1. The smallest absolute Gasteiger partial charge is 0.194 e. The number of benzene rings is 1. The lowest BCUT2D eigenvalue weighted by atomic mass is 10.1. The fraction of sp³-hybridized carbons (Fsp3) is 0.500. The predicted octanol–water partition coefficient (Wildman–Crippen LogP) is 3.24. The van der Waals surface area contributed by atoms with Crippen LogP contribution < -0.4 is 5.32 Å².